The highest BCUT2D eigenvalue weighted by molar-refractivity contribution is 5.26. The fourth-order valence-electron chi connectivity index (χ4n) is 4.85. The molecule has 3 rings (SSSR count). The highest BCUT2D eigenvalue weighted by atomic mass is 19.1. The van der Waals surface area contributed by atoms with Crippen molar-refractivity contribution in [1.82, 2.24) is 0 Å². The van der Waals surface area contributed by atoms with Gasteiger partial charge in [-0.05, 0) is 92.7 Å². The van der Waals surface area contributed by atoms with Gasteiger partial charge in [0.15, 0.2) is 5.83 Å². The third-order valence-corrected chi connectivity index (χ3v) is 6.61. The average Bonchev–Trinajstić information content (AvgIpc) is 2.74. The zero-order valence-electron chi connectivity index (χ0n) is 17.2. The molecule has 2 saturated carbocycles. The second kappa shape index (κ2) is 10.8. The molecule has 0 unspecified atom stereocenters. The topological polar surface area (TPSA) is 33.0 Å². The molecule has 2 fully saturated rings. The molecular weight excluding hydrogens is 349 g/mol. The molecule has 0 saturated heterocycles. The zero-order chi connectivity index (χ0) is 19.8. The van der Waals surface area contributed by atoms with Crippen LogP contribution < -0.4 is 0 Å². The van der Waals surface area contributed by atoms with Gasteiger partial charge < -0.3 is 4.74 Å². The predicted octanol–water partition coefficient (Wildman–Crippen LogP) is 6.87. The molecule has 1 aromatic rings. The molecular formula is C25H34FNO. The molecule has 0 radical (unpaired) electrons. The monoisotopic (exact) mass is 383 g/mol. The van der Waals surface area contributed by atoms with Crippen LogP contribution in [0, 0.1) is 23.2 Å². The summed E-state index contributed by atoms with van der Waals surface area (Å²) in [5.74, 6) is 0.887. The maximum Gasteiger partial charge on any atom is 0.196 e. The fraction of sp³-hybridized carbons (Fsp3) is 0.640. The SMILES string of the molecule is CCCc1ccc([C@H]2CC[C@H](OC[C@H]3CC[C@H](/C=C(/F)C#N)CC3)CC2)cc1. The van der Waals surface area contributed by atoms with Crippen molar-refractivity contribution < 1.29 is 9.13 Å². The lowest BCUT2D eigenvalue weighted by Crippen LogP contribution is -2.25. The van der Waals surface area contributed by atoms with Crippen LogP contribution in [0.2, 0.25) is 0 Å². The minimum absolute atomic E-state index is 0.232. The summed E-state index contributed by atoms with van der Waals surface area (Å²) >= 11 is 0. The summed E-state index contributed by atoms with van der Waals surface area (Å²) in [5, 5.41) is 8.56. The van der Waals surface area contributed by atoms with Gasteiger partial charge in [0.1, 0.15) is 6.07 Å². The van der Waals surface area contributed by atoms with E-state index in [-0.39, 0.29) is 5.92 Å². The Balaban J connectivity index is 1.35. The van der Waals surface area contributed by atoms with Crippen LogP contribution in [0.25, 0.3) is 0 Å². The molecule has 0 heterocycles. The van der Waals surface area contributed by atoms with E-state index in [1.807, 2.05) is 0 Å². The van der Waals surface area contributed by atoms with Crippen LogP contribution in [0.1, 0.15) is 81.8 Å². The van der Waals surface area contributed by atoms with Crippen molar-refractivity contribution in [1.29, 1.82) is 5.26 Å². The Morgan fingerprint density at radius 3 is 2.36 bits per heavy atom. The van der Waals surface area contributed by atoms with Gasteiger partial charge in [-0.25, -0.2) is 0 Å². The van der Waals surface area contributed by atoms with Gasteiger partial charge in [0.05, 0.1) is 6.10 Å². The van der Waals surface area contributed by atoms with Crippen molar-refractivity contribution in [3.05, 3.63) is 47.3 Å². The minimum Gasteiger partial charge on any atom is -0.378 e. The zero-order valence-corrected chi connectivity index (χ0v) is 17.2. The van der Waals surface area contributed by atoms with E-state index in [0.29, 0.717) is 17.9 Å². The first-order valence-electron chi connectivity index (χ1n) is 11.2. The summed E-state index contributed by atoms with van der Waals surface area (Å²) in [6.45, 7) is 3.07. The molecule has 28 heavy (non-hydrogen) atoms. The second-order valence-corrected chi connectivity index (χ2v) is 8.71. The quantitative estimate of drug-likeness (QED) is 0.482. The Labute approximate surface area is 169 Å². The third kappa shape index (κ3) is 6.17. The molecule has 0 amide bonds. The molecule has 0 aliphatic heterocycles. The molecule has 3 heteroatoms. The van der Waals surface area contributed by atoms with Crippen LogP contribution in [0.3, 0.4) is 0 Å². The van der Waals surface area contributed by atoms with E-state index in [0.717, 1.165) is 45.1 Å². The number of hydrogen-bond acceptors (Lipinski definition) is 2. The number of allylic oxidation sites excluding steroid dienone is 2. The van der Waals surface area contributed by atoms with Crippen LogP contribution in [0.5, 0.6) is 0 Å². The van der Waals surface area contributed by atoms with Crippen molar-refractivity contribution >= 4 is 0 Å². The van der Waals surface area contributed by atoms with E-state index >= 15 is 0 Å². The summed E-state index contributed by atoms with van der Waals surface area (Å²) in [5.41, 5.74) is 2.94. The average molecular weight is 384 g/mol. The Bertz CT molecular complexity index is 659. The van der Waals surface area contributed by atoms with Gasteiger partial charge in [-0.1, -0.05) is 37.6 Å². The predicted molar refractivity (Wildman–Crippen MR) is 112 cm³/mol. The molecule has 0 aromatic heterocycles. The first kappa shape index (κ1) is 21.1. The summed E-state index contributed by atoms with van der Waals surface area (Å²) < 4.78 is 19.3. The summed E-state index contributed by atoms with van der Waals surface area (Å²) in [4.78, 5) is 0. The van der Waals surface area contributed by atoms with Crippen LogP contribution in [-0.2, 0) is 11.2 Å². The van der Waals surface area contributed by atoms with Crippen LogP contribution in [0.4, 0.5) is 4.39 Å². The van der Waals surface area contributed by atoms with Gasteiger partial charge in [-0.15, -0.1) is 0 Å². The molecule has 1 aromatic carbocycles. The summed E-state index contributed by atoms with van der Waals surface area (Å²) in [6, 6.07) is 10.9. The van der Waals surface area contributed by atoms with Crippen molar-refractivity contribution in [2.45, 2.75) is 83.2 Å². The molecule has 0 atom stereocenters. The maximum absolute atomic E-state index is 13.1. The molecule has 0 spiro atoms. The number of halogens is 1. The van der Waals surface area contributed by atoms with Crippen molar-refractivity contribution in [2.75, 3.05) is 6.61 Å². The Morgan fingerprint density at radius 1 is 1.07 bits per heavy atom. The first-order valence-corrected chi connectivity index (χ1v) is 11.2. The van der Waals surface area contributed by atoms with Gasteiger partial charge in [0, 0.05) is 6.61 Å². The minimum atomic E-state index is -0.628. The molecule has 2 aliphatic rings. The van der Waals surface area contributed by atoms with Gasteiger partial charge in [0.2, 0.25) is 0 Å². The van der Waals surface area contributed by atoms with E-state index in [2.05, 4.69) is 31.2 Å². The number of aryl methyl sites for hydroxylation is 1. The Kier molecular flexibility index (Phi) is 8.10. The van der Waals surface area contributed by atoms with Gasteiger partial charge >= 0.3 is 0 Å². The van der Waals surface area contributed by atoms with Gasteiger partial charge in [0.25, 0.3) is 0 Å². The normalized spacial score (nSPS) is 28.7. The van der Waals surface area contributed by atoms with Crippen LogP contribution in [0.15, 0.2) is 36.2 Å². The first-order chi connectivity index (χ1) is 13.7. The van der Waals surface area contributed by atoms with Crippen LogP contribution >= 0.6 is 0 Å². The van der Waals surface area contributed by atoms with Crippen molar-refractivity contribution in [3.63, 3.8) is 0 Å². The lowest BCUT2D eigenvalue weighted by Gasteiger charge is -2.32. The maximum atomic E-state index is 13.1. The standard InChI is InChI=1S/C25H34FNO/c1-2-3-19-8-10-22(11-9-19)23-12-14-25(15-13-23)28-18-21-6-4-20(5-7-21)16-24(26)17-27/h8-11,16,20-21,23,25H,2-7,12-15,18H2,1H3/b24-16+/t20-,21-,23-,25-. The smallest absolute Gasteiger partial charge is 0.196 e. The molecule has 0 N–H and O–H groups in total. The Morgan fingerprint density at radius 2 is 1.75 bits per heavy atom. The van der Waals surface area contributed by atoms with E-state index in [4.69, 9.17) is 10.00 Å². The lowest BCUT2D eigenvalue weighted by atomic mass is 9.81. The largest absolute Gasteiger partial charge is 0.378 e. The highest BCUT2D eigenvalue weighted by Gasteiger charge is 2.25. The molecule has 2 aliphatic carbocycles. The lowest BCUT2D eigenvalue weighted by molar-refractivity contribution is -0.00340. The Hall–Kier alpha value is -1.66. The van der Waals surface area contributed by atoms with E-state index < -0.39 is 5.83 Å². The molecule has 152 valence electrons. The number of nitrogens with zero attached hydrogens (tertiary/aromatic N) is 1. The number of hydrogen-bond donors (Lipinski definition) is 0. The number of benzene rings is 1. The van der Waals surface area contributed by atoms with Crippen molar-refractivity contribution in [2.24, 2.45) is 11.8 Å². The second-order valence-electron chi connectivity index (χ2n) is 8.71. The fourth-order valence-corrected chi connectivity index (χ4v) is 4.85. The highest BCUT2D eigenvalue weighted by Crippen LogP contribution is 2.35. The van der Waals surface area contributed by atoms with Crippen molar-refractivity contribution in [3.8, 4) is 6.07 Å². The number of nitriles is 1. The number of ether oxygens (including phenoxy) is 1. The van der Waals surface area contributed by atoms with Gasteiger partial charge in [-0.2, -0.15) is 9.65 Å². The summed E-state index contributed by atoms with van der Waals surface area (Å²) in [6.07, 6.45) is 13.2. The summed E-state index contributed by atoms with van der Waals surface area (Å²) in [7, 11) is 0. The molecule has 2 nitrogen and oxygen atoms in total. The third-order valence-electron chi connectivity index (χ3n) is 6.61. The number of rotatable bonds is 7. The molecule has 0 bridgehead atoms. The van der Waals surface area contributed by atoms with E-state index in [1.54, 1.807) is 6.07 Å². The van der Waals surface area contributed by atoms with E-state index in [1.165, 1.54) is 42.9 Å². The van der Waals surface area contributed by atoms with Crippen LogP contribution in [-0.4, -0.2) is 12.7 Å². The van der Waals surface area contributed by atoms with E-state index in [9.17, 15) is 4.39 Å². The van der Waals surface area contributed by atoms with Gasteiger partial charge in [-0.3, -0.25) is 0 Å².